The third-order valence-corrected chi connectivity index (χ3v) is 4.50. The van der Waals surface area contributed by atoms with Crippen molar-refractivity contribution in [3.05, 3.63) is 35.9 Å². The number of hydrogen-bond acceptors (Lipinski definition) is 4. The summed E-state index contributed by atoms with van der Waals surface area (Å²) < 4.78 is 0. The summed E-state index contributed by atoms with van der Waals surface area (Å²) in [4.78, 5) is 35.2. The van der Waals surface area contributed by atoms with Crippen molar-refractivity contribution >= 4 is 17.8 Å². The lowest BCUT2D eigenvalue weighted by molar-refractivity contribution is -0.146. The number of rotatable bonds is 7. The topological polar surface area (TPSA) is 116 Å². The molecule has 3 unspecified atom stereocenters. The van der Waals surface area contributed by atoms with Gasteiger partial charge in [-0.3, -0.25) is 19.6 Å². The Kier molecular flexibility index (Phi) is 6.31. The first-order valence-corrected chi connectivity index (χ1v) is 8.01. The first kappa shape index (κ1) is 17.9. The van der Waals surface area contributed by atoms with E-state index in [0.29, 0.717) is 25.7 Å². The molecule has 0 heterocycles. The molecule has 3 atom stereocenters. The van der Waals surface area contributed by atoms with Gasteiger partial charge < -0.3 is 10.4 Å². The first-order chi connectivity index (χ1) is 11.5. The van der Waals surface area contributed by atoms with Gasteiger partial charge >= 0.3 is 5.97 Å². The van der Waals surface area contributed by atoms with Crippen LogP contribution < -0.4 is 10.8 Å². The molecular weight excluding hydrogens is 312 g/mol. The van der Waals surface area contributed by atoms with Gasteiger partial charge in [-0.25, -0.2) is 5.48 Å². The Labute approximate surface area is 140 Å². The van der Waals surface area contributed by atoms with Crippen LogP contribution in [0.4, 0.5) is 0 Å². The molecule has 1 aliphatic rings. The van der Waals surface area contributed by atoms with E-state index in [1.165, 1.54) is 0 Å². The van der Waals surface area contributed by atoms with E-state index in [9.17, 15) is 14.4 Å². The second kappa shape index (κ2) is 8.44. The number of amides is 2. The Morgan fingerprint density at radius 1 is 1.12 bits per heavy atom. The number of benzene rings is 1. The van der Waals surface area contributed by atoms with Crippen LogP contribution in [0.5, 0.6) is 0 Å². The van der Waals surface area contributed by atoms with E-state index in [-0.39, 0.29) is 12.5 Å². The summed E-state index contributed by atoms with van der Waals surface area (Å²) in [5.74, 6) is -3.74. The summed E-state index contributed by atoms with van der Waals surface area (Å²) in [6, 6.07) is 9.27. The van der Waals surface area contributed by atoms with Gasteiger partial charge in [0.05, 0.1) is 17.8 Å². The highest BCUT2D eigenvalue weighted by molar-refractivity contribution is 5.86. The fourth-order valence-electron chi connectivity index (χ4n) is 3.17. The van der Waals surface area contributed by atoms with Gasteiger partial charge in [0.25, 0.3) is 0 Å². The van der Waals surface area contributed by atoms with Crippen LogP contribution in [0.25, 0.3) is 0 Å². The van der Waals surface area contributed by atoms with Crippen molar-refractivity contribution in [2.75, 3.05) is 6.54 Å². The molecule has 0 aromatic heterocycles. The van der Waals surface area contributed by atoms with Crippen LogP contribution in [-0.4, -0.2) is 34.6 Å². The van der Waals surface area contributed by atoms with Gasteiger partial charge in [-0.2, -0.15) is 0 Å². The zero-order chi connectivity index (χ0) is 17.5. The van der Waals surface area contributed by atoms with Crippen molar-refractivity contribution in [2.45, 2.75) is 25.7 Å². The molecule has 0 aliphatic heterocycles. The summed E-state index contributed by atoms with van der Waals surface area (Å²) in [5.41, 5.74) is 2.53. The highest BCUT2D eigenvalue weighted by atomic mass is 16.5. The number of nitrogens with one attached hydrogen (secondary N) is 2. The van der Waals surface area contributed by atoms with Crippen molar-refractivity contribution in [1.29, 1.82) is 0 Å². The van der Waals surface area contributed by atoms with E-state index in [1.807, 2.05) is 30.3 Å². The summed E-state index contributed by atoms with van der Waals surface area (Å²) in [6.45, 7) is 0.0446. The molecular formula is C17H22N2O5. The molecule has 1 saturated carbocycles. The van der Waals surface area contributed by atoms with Crippen molar-refractivity contribution in [3.63, 3.8) is 0 Å². The smallest absolute Gasteiger partial charge is 0.307 e. The van der Waals surface area contributed by atoms with Crippen molar-refractivity contribution in [1.82, 2.24) is 10.8 Å². The molecule has 0 spiro atoms. The zero-order valence-corrected chi connectivity index (χ0v) is 13.3. The molecule has 0 saturated heterocycles. The van der Waals surface area contributed by atoms with Gasteiger partial charge in [-0.15, -0.1) is 0 Å². The van der Waals surface area contributed by atoms with E-state index >= 15 is 0 Å². The predicted octanol–water partition coefficient (Wildman–Crippen LogP) is 0.968. The van der Waals surface area contributed by atoms with Crippen LogP contribution in [-0.2, 0) is 20.8 Å². The molecule has 1 aromatic rings. The lowest BCUT2D eigenvalue weighted by Crippen LogP contribution is -2.42. The van der Waals surface area contributed by atoms with Gasteiger partial charge in [0.2, 0.25) is 11.8 Å². The van der Waals surface area contributed by atoms with Crippen LogP contribution in [0.1, 0.15) is 24.8 Å². The number of hydrogen-bond donors (Lipinski definition) is 4. The molecule has 24 heavy (non-hydrogen) atoms. The maximum atomic E-state index is 12.3. The molecule has 2 rings (SSSR count). The Morgan fingerprint density at radius 2 is 1.79 bits per heavy atom. The lowest BCUT2D eigenvalue weighted by Gasteiger charge is -2.19. The van der Waals surface area contributed by atoms with Crippen molar-refractivity contribution < 1.29 is 24.7 Å². The van der Waals surface area contributed by atoms with E-state index in [1.54, 1.807) is 5.48 Å². The molecule has 0 radical (unpaired) electrons. The average Bonchev–Trinajstić information content (AvgIpc) is 3.08. The maximum Gasteiger partial charge on any atom is 0.307 e. The maximum absolute atomic E-state index is 12.3. The number of aliphatic carboxylic acids is 1. The predicted molar refractivity (Wildman–Crippen MR) is 85.0 cm³/mol. The van der Waals surface area contributed by atoms with Crippen molar-refractivity contribution in [3.8, 4) is 0 Å². The second-order valence-corrected chi connectivity index (χ2v) is 6.09. The quantitative estimate of drug-likeness (QED) is 0.438. The molecule has 7 nitrogen and oxygen atoms in total. The molecule has 1 aromatic carbocycles. The number of carboxylic acid groups (broad SMARTS) is 1. The third kappa shape index (κ3) is 4.55. The molecule has 7 heteroatoms. The minimum Gasteiger partial charge on any atom is -0.481 e. The Hall–Kier alpha value is -2.41. The fourth-order valence-corrected chi connectivity index (χ4v) is 3.17. The Morgan fingerprint density at radius 3 is 2.42 bits per heavy atom. The van der Waals surface area contributed by atoms with Crippen LogP contribution in [0.2, 0.25) is 0 Å². The van der Waals surface area contributed by atoms with E-state index < -0.39 is 29.6 Å². The van der Waals surface area contributed by atoms with E-state index in [2.05, 4.69) is 5.32 Å². The van der Waals surface area contributed by atoms with Gasteiger partial charge in [0, 0.05) is 6.54 Å². The van der Waals surface area contributed by atoms with Crippen LogP contribution in [0.15, 0.2) is 30.3 Å². The highest BCUT2D eigenvalue weighted by Crippen LogP contribution is 2.32. The molecule has 4 N–H and O–H groups in total. The van der Waals surface area contributed by atoms with Crippen LogP contribution >= 0.6 is 0 Å². The van der Waals surface area contributed by atoms with Crippen LogP contribution in [0, 0.1) is 17.8 Å². The van der Waals surface area contributed by atoms with Crippen LogP contribution in [0.3, 0.4) is 0 Å². The zero-order valence-electron chi connectivity index (χ0n) is 13.3. The van der Waals surface area contributed by atoms with Gasteiger partial charge in [0.1, 0.15) is 0 Å². The van der Waals surface area contributed by atoms with E-state index in [0.717, 1.165) is 5.56 Å². The van der Waals surface area contributed by atoms with Gasteiger partial charge in [0.15, 0.2) is 0 Å². The summed E-state index contributed by atoms with van der Waals surface area (Å²) in [6.07, 6.45) is 2.11. The Balaban J connectivity index is 1.96. The molecule has 1 aliphatic carbocycles. The van der Waals surface area contributed by atoms with Crippen molar-refractivity contribution in [2.24, 2.45) is 17.8 Å². The van der Waals surface area contributed by atoms with E-state index in [4.69, 9.17) is 10.3 Å². The highest BCUT2D eigenvalue weighted by Gasteiger charge is 2.37. The largest absolute Gasteiger partial charge is 0.481 e. The number of hydroxylamine groups is 1. The van der Waals surface area contributed by atoms with Gasteiger partial charge in [-0.1, -0.05) is 36.8 Å². The minimum atomic E-state index is -0.957. The molecule has 130 valence electrons. The summed E-state index contributed by atoms with van der Waals surface area (Å²) in [5, 5.41) is 20.7. The standard InChI is InChI=1S/C17H22N2O5/c20-15(19-24)12(9-11-5-2-1-3-6-11)10-18-16(21)13-7-4-8-14(13)17(22)23/h1-3,5-6,12-14,24H,4,7-10H2,(H,18,21)(H,19,20)(H,22,23). The normalized spacial score (nSPS) is 21.0. The molecule has 2 amide bonds. The first-order valence-electron chi connectivity index (χ1n) is 8.01. The summed E-state index contributed by atoms with van der Waals surface area (Å²) >= 11 is 0. The minimum absolute atomic E-state index is 0.0446. The lowest BCUT2D eigenvalue weighted by atomic mass is 9.94. The number of carbonyl (C=O) groups excluding carboxylic acids is 2. The monoisotopic (exact) mass is 334 g/mol. The number of carbonyl (C=O) groups is 3. The Bertz CT molecular complexity index is 590. The molecule has 0 bridgehead atoms. The second-order valence-electron chi connectivity index (χ2n) is 6.09. The average molecular weight is 334 g/mol. The fraction of sp³-hybridized carbons (Fsp3) is 0.471. The SMILES string of the molecule is O=C(NO)C(CNC(=O)C1CCCC1C(=O)O)Cc1ccccc1. The van der Waals surface area contributed by atoms with Gasteiger partial charge in [-0.05, 0) is 24.8 Å². The molecule has 1 fully saturated rings. The summed E-state index contributed by atoms with van der Waals surface area (Å²) in [7, 11) is 0. The number of carboxylic acids is 1. The third-order valence-electron chi connectivity index (χ3n) is 4.50.